The van der Waals surface area contributed by atoms with Crippen molar-refractivity contribution < 1.29 is 17.3 Å². The van der Waals surface area contributed by atoms with Crippen molar-refractivity contribution in [3.05, 3.63) is 108 Å². The Labute approximate surface area is 200 Å². The lowest BCUT2D eigenvalue weighted by atomic mass is 9.91. The molecule has 0 radical (unpaired) electrons. The van der Waals surface area contributed by atoms with Gasteiger partial charge in [0.05, 0.1) is 4.90 Å². The summed E-state index contributed by atoms with van der Waals surface area (Å²) in [4.78, 5) is 0.154. The SMILES string of the molecule is Cc1ccc(S(=O)(=O)OCC2Cc3cccc(-c4ccccc4-c4ccccc4C)c3O2)cc1. The molecule has 0 saturated heterocycles. The van der Waals surface area contributed by atoms with Crippen molar-refractivity contribution in [2.75, 3.05) is 6.61 Å². The van der Waals surface area contributed by atoms with Gasteiger partial charge >= 0.3 is 0 Å². The van der Waals surface area contributed by atoms with Crippen LogP contribution in [-0.2, 0) is 20.7 Å². The molecule has 4 aromatic carbocycles. The zero-order valence-electron chi connectivity index (χ0n) is 19.2. The predicted molar refractivity (Wildman–Crippen MR) is 134 cm³/mol. The number of ether oxygens (including phenoxy) is 1. The van der Waals surface area contributed by atoms with Crippen LogP contribution < -0.4 is 4.74 Å². The van der Waals surface area contributed by atoms with Crippen LogP contribution in [0.15, 0.2) is 95.9 Å². The van der Waals surface area contributed by atoms with E-state index in [4.69, 9.17) is 8.92 Å². The molecule has 0 amide bonds. The molecule has 1 aliphatic rings. The third-order valence-corrected chi connectivity index (χ3v) is 7.50. The molecule has 0 aromatic heterocycles. The number of fused-ring (bicyclic) bond motifs is 1. The minimum absolute atomic E-state index is 0.0379. The molecule has 5 heteroatoms. The van der Waals surface area contributed by atoms with Gasteiger partial charge in [-0.3, -0.25) is 4.18 Å². The van der Waals surface area contributed by atoms with Crippen LogP contribution in [0.25, 0.3) is 22.3 Å². The Hall–Kier alpha value is -3.41. The van der Waals surface area contributed by atoms with E-state index in [0.29, 0.717) is 6.42 Å². The molecule has 0 N–H and O–H groups in total. The molecule has 0 saturated carbocycles. The zero-order valence-corrected chi connectivity index (χ0v) is 20.0. The van der Waals surface area contributed by atoms with Crippen molar-refractivity contribution >= 4 is 10.1 Å². The number of hydrogen-bond donors (Lipinski definition) is 0. The summed E-state index contributed by atoms with van der Waals surface area (Å²) in [7, 11) is -3.84. The van der Waals surface area contributed by atoms with Gasteiger partial charge in [-0.25, -0.2) is 0 Å². The molecule has 1 unspecified atom stereocenters. The van der Waals surface area contributed by atoms with Gasteiger partial charge in [0, 0.05) is 12.0 Å². The second-order valence-electron chi connectivity index (χ2n) is 8.65. The predicted octanol–water partition coefficient (Wildman–Crippen LogP) is 6.35. The fourth-order valence-corrected chi connectivity index (χ4v) is 5.35. The minimum Gasteiger partial charge on any atom is -0.487 e. The number of para-hydroxylation sites is 1. The van der Waals surface area contributed by atoms with Crippen molar-refractivity contribution in [2.24, 2.45) is 0 Å². The van der Waals surface area contributed by atoms with Crippen LogP contribution in [0.2, 0.25) is 0 Å². The molecule has 5 rings (SSSR count). The monoisotopic (exact) mass is 470 g/mol. The number of rotatable bonds is 6. The molecule has 0 aliphatic carbocycles. The van der Waals surface area contributed by atoms with Gasteiger partial charge in [-0.1, -0.05) is 84.4 Å². The molecule has 172 valence electrons. The number of benzene rings is 4. The molecule has 34 heavy (non-hydrogen) atoms. The maximum Gasteiger partial charge on any atom is 0.297 e. The van der Waals surface area contributed by atoms with Crippen LogP contribution in [0.4, 0.5) is 0 Å². The Morgan fingerprint density at radius 1 is 0.765 bits per heavy atom. The van der Waals surface area contributed by atoms with E-state index in [0.717, 1.165) is 33.6 Å². The summed E-state index contributed by atoms with van der Waals surface area (Å²) in [6.45, 7) is 3.99. The summed E-state index contributed by atoms with van der Waals surface area (Å²) in [6.07, 6.45) is 0.223. The smallest absolute Gasteiger partial charge is 0.297 e. The van der Waals surface area contributed by atoms with Crippen molar-refractivity contribution in [1.29, 1.82) is 0 Å². The molecule has 0 spiro atoms. The summed E-state index contributed by atoms with van der Waals surface area (Å²) in [5, 5.41) is 0. The lowest BCUT2D eigenvalue weighted by Crippen LogP contribution is -2.23. The van der Waals surface area contributed by atoms with E-state index in [2.05, 4.69) is 37.3 Å². The Bertz CT molecular complexity index is 1440. The normalized spacial score (nSPS) is 15.1. The Morgan fingerprint density at radius 2 is 1.38 bits per heavy atom. The summed E-state index contributed by atoms with van der Waals surface area (Å²) in [5.74, 6) is 0.796. The van der Waals surface area contributed by atoms with Crippen LogP contribution in [0, 0.1) is 13.8 Å². The average molecular weight is 471 g/mol. The minimum atomic E-state index is -3.84. The van der Waals surface area contributed by atoms with Crippen LogP contribution in [0.3, 0.4) is 0 Å². The van der Waals surface area contributed by atoms with Crippen LogP contribution in [0.1, 0.15) is 16.7 Å². The highest BCUT2D eigenvalue weighted by Crippen LogP contribution is 2.43. The second-order valence-corrected chi connectivity index (χ2v) is 10.3. The molecule has 1 atom stereocenters. The van der Waals surface area contributed by atoms with Gasteiger partial charge < -0.3 is 4.74 Å². The summed E-state index contributed by atoms with van der Waals surface area (Å²) >= 11 is 0. The Kier molecular flexibility index (Phi) is 5.98. The van der Waals surface area contributed by atoms with Crippen LogP contribution in [-0.4, -0.2) is 21.1 Å². The fourth-order valence-electron chi connectivity index (χ4n) is 4.41. The van der Waals surface area contributed by atoms with Gasteiger partial charge in [-0.2, -0.15) is 8.42 Å². The van der Waals surface area contributed by atoms with Crippen molar-refractivity contribution in [2.45, 2.75) is 31.3 Å². The quantitative estimate of drug-likeness (QED) is 0.308. The third kappa shape index (κ3) is 4.37. The van der Waals surface area contributed by atoms with Gasteiger partial charge in [0.2, 0.25) is 0 Å². The summed E-state index contributed by atoms with van der Waals surface area (Å²) < 4.78 is 36.9. The molecule has 0 bridgehead atoms. The van der Waals surface area contributed by atoms with Crippen molar-refractivity contribution in [3.63, 3.8) is 0 Å². The highest BCUT2D eigenvalue weighted by molar-refractivity contribution is 7.86. The van der Waals surface area contributed by atoms with E-state index in [9.17, 15) is 8.42 Å². The average Bonchev–Trinajstić information content (AvgIpc) is 3.27. The maximum atomic E-state index is 12.6. The fraction of sp³-hybridized carbons (Fsp3) is 0.172. The first-order valence-electron chi connectivity index (χ1n) is 11.3. The van der Waals surface area contributed by atoms with E-state index >= 15 is 0 Å². The highest BCUT2D eigenvalue weighted by atomic mass is 32.2. The lowest BCUT2D eigenvalue weighted by molar-refractivity contribution is 0.152. The number of hydrogen-bond acceptors (Lipinski definition) is 4. The topological polar surface area (TPSA) is 52.6 Å². The molecular formula is C29H26O4S. The first-order chi connectivity index (χ1) is 16.4. The van der Waals surface area contributed by atoms with Crippen molar-refractivity contribution in [1.82, 2.24) is 0 Å². The molecule has 4 aromatic rings. The first-order valence-corrected chi connectivity index (χ1v) is 12.7. The van der Waals surface area contributed by atoms with E-state index < -0.39 is 10.1 Å². The molecule has 4 nitrogen and oxygen atoms in total. The molecular weight excluding hydrogens is 444 g/mol. The van der Waals surface area contributed by atoms with Crippen LogP contribution in [0.5, 0.6) is 5.75 Å². The summed E-state index contributed by atoms with van der Waals surface area (Å²) in [5.41, 5.74) is 7.65. The van der Waals surface area contributed by atoms with Crippen LogP contribution >= 0.6 is 0 Å². The first kappa shape index (κ1) is 22.4. The Balaban J connectivity index is 1.41. The maximum absolute atomic E-state index is 12.6. The third-order valence-electron chi connectivity index (χ3n) is 6.20. The second kappa shape index (κ2) is 9.09. The van der Waals surface area contributed by atoms with E-state index in [1.807, 2.05) is 43.3 Å². The van der Waals surface area contributed by atoms with Gasteiger partial charge in [0.25, 0.3) is 10.1 Å². The molecule has 0 fully saturated rings. The van der Waals surface area contributed by atoms with Gasteiger partial charge in [-0.15, -0.1) is 0 Å². The van der Waals surface area contributed by atoms with Gasteiger partial charge in [0.15, 0.2) is 0 Å². The van der Waals surface area contributed by atoms with Crippen molar-refractivity contribution in [3.8, 4) is 28.0 Å². The highest BCUT2D eigenvalue weighted by Gasteiger charge is 2.29. The van der Waals surface area contributed by atoms with E-state index in [1.54, 1.807) is 24.3 Å². The lowest BCUT2D eigenvalue weighted by Gasteiger charge is -2.16. The largest absolute Gasteiger partial charge is 0.487 e. The van der Waals surface area contributed by atoms with E-state index in [1.165, 1.54) is 11.1 Å². The standard InChI is InChI=1S/C29H26O4S/c1-20-14-16-24(17-15-20)34(30,31)32-19-23-18-22-9-7-13-28(29(22)33-23)27-12-6-5-11-26(27)25-10-4-3-8-21(25)2/h3-17,23H,18-19H2,1-2H3. The molecule has 1 aliphatic heterocycles. The number of aryl methyl sites for hydroxylation is 2. The van der Waals surface area contributed by atoms with Gasteiger partial charge in [-0.05, 0) is 53.8 Å². The zero-order chi connectivity index (χ0) is 23.7. The van der Waals surface area contributed by atoms with Gasteiger partial charge in [0.1, 0.15) is 18.5 Å². The Morgan fingerprint density at radius 3 is 2.09 bits per heavy atom. The summed E-state index contributed by atoms with van der Waals surface area (Å²) in [6, 6.07) is 29.4. The molecule has 1 heterocycles. The van der Waals surface area contributed by atoms with E-state index in [-0.39, 0.29) is 17.6 Å².